The number of carbonyl (C=O) groups excluding carboxylic acids is 1. The van der Waals surface area contributed by atoms with Gasteiger partial charge in [0.25, 0.3) is 0 Å². The molecule has 0 fully saturated rings. The molecule has 0 saturated heterocycles. The van der Waals surface area contributed by atoms with Gasteiger partial charge in [-0.2, -0.15) is 0 Å². The molecule has 6 nitrogen and oxygen atoms in total. The summed E-state index contributed by atoms with van der Waals surface area (Å²) in [6.07, 6.45) is 0.832. The fraction of sp³-hybridized carbons (Fsp3) is 0.316. The first kappa shape index (κ1) is 19.4. The van der Waals surface area contributed by atoms with Gasteiger partial charge in [-0.05, 0) is 30.5 Å². The van der Waals surface area contributed by atoms with Gasteiger partial charge >= 0.3 is 11.6 Å². The van der Waals surface area contributed by atoms with Crippen LogP contribution in [-0.4, -0.2) is 22.7 Å². The number of hydrogen-bond acceptors (Lipinski definition) is 8. The lowest BCUT2D eigenvalue weighted by Crippen LogP contribution is -2.07. The molecule has 1 aromatic carbocycles. The number of benzene rings is 1. The molecule has 8 heteroatoms. The van der Waals surface area contributed by atoms with Crippen molar-refractivity contribution in [2.45, 2.75) is 36.8 Å². The van der Waals surface area contributed by atoms with E-state index in [1.807, 2.05) is 18.4 Å². The number of fused-ring (bicyclic) bond motifs is 1. The second kappa shape index (κ2) is 8.58. The molecule has 0 radical (unpaired) electrons. The first-order valence-electron chi connectivity index (χ1n) is 8.51. The van der Waals surface area contributed by atoms with E-state index in [0.717, 1.165) is 20.9 Å². The Morgan fingerprint density at radius 1 is 1.30 bits per heavy atom. The summed E-state index contributed by atoms with van der Waals surface area (Å²) in [7, 11) is 0. The van der Waals surface area contributed by atoms with Crippen molar-refractivity contribution in [3.63, 3.8) is 0 Å². The predicted octanol–water partition coefficient (Wildman–Crippen LogP) is 3.92. The molecule has 0 aliphatic carbocycles. The van der Waals surface area contributed by atoms with Crippen LogP contribution in [0.15, 0.2) is 37.1 Å². The molecular formula is C19H19NO5S2. The number of ether oxygens (including phenoxy) is 1. The molecule has 0 aliphatic heterocycles. The van der Waals surface area contributed by atoms with Gasteiger partial charge < -0.3 is 14.3 Å². The van der Waals surface area contributed by atoms with Gasteiger partial charge in [0, 0.05) is 28.7 Å². The van der Waals surface area contributed by atoms with Crippen molar-refractivity contribution in [1.29, 1.82) is 0 Å². The van der Waals surface area contributed by atoms with Crippen LogP contribution in [0.3, 0.4) is 0 Å². The number of nitrogens with zero attached hydrogens (tertiary/aromatic N) is 1. The summed E-state index contributed by atoms with van der Waals surface area (Å²) in [5.41, 5.74) is 2.21. The number of esters is 1. The summed E-state index contributed by atoms with van der Waals surface area (Å²) in [6, 6.07) is 4.82. The maximum absolute atomic E-state index is 11.8. The summed E-state index contributed by atoms with van der Waals surface area (Å²) in [6.45, 7) is 4.07. The van der Waals surface area contributed by atoms with Crippen molar-refractivity contribution >= 4 is 40.0 Å². The van der Waals surface area contributed by atoms with E-state index in [-0.39, 0.29) is 18.1 Å². The van der Waals surface area contributed by atoms with E-state index in [1.54, 1.807) is 6.92 Å². The number of carbonyl (C=O) groups is 1. The number of aromatic hydroxyl groups is 1. The number of phenolic OH excluding ortho intramolecular Hbond substituents is 1. The van der Waals surface area contributed by atoms with Crippen molar-refractivity contribution < 1.29 is 19.1 Å². The molecule has 1 N–H and O–H groups in total. The second-order valence-electron chi connectivity index (χ2n) is 5.80. The zero-order valence-electron chi connectivity index (χ0n) is 15.0. The Hall–Kier alpha value is -2.32. The largest absolute Gasteiger partial charge is 0.508 e. The molecule has 2 aromatic heterocycles. The van der Waals surface area contributed by atoms with Gasteiger partial charge in [-0.15, -0.1) is 11.3 Å². The third kappa shape index (κ3) is 4.70. The van der Waals surface area contributed by atoms with Crippen LogP contribution in [0.2, 0.25) is 0 Å². The van der Waals surface area contributed by atoms with Crippen LogP contribution in [-0.2, 0) is 28.1 Å². The maximum atomic E-state index is 11.8. The normalized spacial score (nSPS) is 11.0. The first-order valence-corrected chi connectivity index (χ1v) is 10.4. The summed E-state index contributed by atoms with van der Waals surface area (Å²) >= 11 is 2.94. The molecule has 3 aromatic rings. The van der Waals surface area contributed by atoms with Gasteiger partial charge in [0.05, 0.1) is 18.7 Å². The summed E-state index contributed by atoms with van der Waals surface area (Å²) in [5.74, 6) is 0.363. The van der Waals surface area contributed by atoms with E-state index < -0.39 is 5.63 Å². The Balaban J connectivity index is 1.80. The van der Waals surface area contributed by atoms with Crippen molar-refractivity contribution in [2.75, 3.05) is 6.61 Å². The molecular weight excluding hydrogens is 386 g/mol. The first-order chi connectivity index (χ1) is 13.0. The Bertz CT molecular complexity index is 1020. The number of thiazole rings is 1. The zero-order valence-corrected chi connectivity index (χ0v) is 16.6. The second-order valence-corrected chi connectivity index (χ2v) is 7.88. The highest BCUT2D eigenvalue weighted by Crippen LogP contribution is 2.31. The van der Waals surface area contributed by atoms with E-state index in [9.17, 15) is 14.7 Å². The minimum absolute atomic E-state index is 0.126. The highest BCUT2D eigenvalue weighted by atomic mass is 32.2. The van der Waals surface area contributed by atoms with Crippen molar-refractivity contribution in [1.82, 2.24) is 4.98 Å². The van der Waals surface area contributed by atoms with Gasteiger partial charge in [0.1, 0.15) is 15.7 Å². The lowest BCUT2D eigenvalue weighted by atomic mass is 10.1. The molecule has 0 atom stereocenters. The topological polar surface area (TPSA) is 89.6 Å². The fourth-order valence-corrected chi connectivity index (χ4v) is 4.48. The van der Waals surface area contributed by atoms with Crippen LogP contribution in [0.1, 0.15) is 30.7 Å². The number of hydrogen-bond donors (Lipinski definition) is 1. The smallest absolute Gasteiger partial charge is 0.336 e. The van der Waals surface area contributed by atoms with Crippen molar-refractivity contribution in [2.24, 2.45) is 0 Å². The summed E-state index contributed by atoms with van der Waals surface area (Å²) in [5, 5.41) is 12.6. The lowest BCUT2D eigenvalue weighted by molar-refractivity contribution is -0.142. The van der Waals surface area contributed by atoms with E-state index in [4.69, 9.17) is 9.15 Å². The quantitative estimate of drug-likeness (QED) is 0.362. The maximum Gasteiger partial charge on any atom is 0.336 e. The Morgan fingerprint density at radius 3 is 2.85 bits per heavy atom. The number of phenols is 1. The molecule has 0 amide bonds. The molecule has 0 spiro atoms. The van der Waals surface area contributed by atoms with Crippen LogP contribution < -0.4 is 5.63 Å². The Morgan fingerprint density at radius 2 is 2.11 bits per heavy atom. The Kier molecular flexibility index (Phi) is 6.18. The monoisotopic (exact) mass is 405 g/mol. The third-order valence-electron chi connectivity index (χ3n) is 3.92. The van der Waals surface area contributed by atoms with E-state index in [2.05, 4.69) is 4.98 Å². The van der Waals surface area contributed by atoms with Gasteiger partial charge in [0.2, 0.25) is 0 Å². The molecule has 0 saturated carbocycles. The van der Waals surface area contributed by atoms with Gasteiger partial charge in [-0.3, -0.25) is 4.79 Å². The highest BCUT2D eigenvalue weighted by Gasteiger charge is 2.12. The summed E-state index contributed by atoms with van der Waals surface area (Å²) < 4.78 is 11.0. The third-order valence-corrected chi connectivity index (χ3v) is 6.04. The van der Waals surface area contributed by atoms with Gasteiger partial charge in [-0.1, -0.05) is 18.7 Å². The van der Waals surface area contributed by atoms with Crippen LogP contribution in [0, 0.1) is 0 Å². The zero-order chi connectivity index (χ0) is 19.4. The van der Waals surface area contributed by atoms with E-state index in [1.165, 1.54) is 35.2 Å². The molecule has 0 unspecified atom stereocenters. The Labute approximate surface area is 164 Å². The number of aryl methyl sites for hydroxylation is 1. The molecule has 0 aliphatic rings. The molecule has 3 rings (SSSR count). The SMILES string of the molecule is CCOC(=O)Cc1csc(SCc2cc(=O)oc3cc(O)c(CC)cc23)n1. The van der Waals surface area contributed by atoms with Crippen LogP contribution >= 0.6 is 23.1 Å². The average Bonchev–Trinajstić information content (AvgIpc) is 3.06. The van der Waals surface area contributed by atoms with Gasteiger partial charge in [0.15, 0.2) is 0 Å². The highest BCUT2D eigenvalue weighted by molar-refractivity contribution is 8.00. The molecule has 0 bridgehead atoms. The molecule has 142 valence electrons. The predicted molar refractivity (Wildman–Crippen MR) is 106 cm³/mol. The summed E-state index contributed by atoms with van der Waals surface area (Å²) in [4.78, 5) is 27.8. The minimum Gasteiger partial charge on any atom is -0.508 e. The van der Waals surface area contributed by atoms with Crippen LogP contribution in [0.4, 0.5) is 0 Å². The minimum atomic E-state index is -0.455. The average molecular weight is 405 g/mol. The van der Waals surface area contributed by atoms with E-state index in [0.29, 0.717) is 30.1 Å². The molecule has 27 heavy (non-hydrogen) atoms. The van der Waals surface area contributed by atoms with Crippen molar-refractivity contribution in [3.8, 4) is 5.75 Å². The van der Waals surface area contributed by atoms with E-state index >= 15 is 0 Å². The van der Waals surface area contributed by atoms with Crippen LogP contribution in [0.25, 0.3) is 11.0 Å². The fourth-order valence-electron chi connectivity index (χ4n) is 2.65. The number of aromatic nitrogens is 1. The molecule has 2 heterocycles. The van der Waals surface area contributed by atoms with Crippen molar-refractivity contribution in [3.05, 3.63) is 50.8 Å². The number of rotatable bonds is 7. The standard InChI is InChI=1S/C19H19NO5S2/c1-3-11-5-14-12(6-18(23)25-16(14)8-15(11)21)9-26-19-20-13(10-27-19)7-17(22)24-4-2/h5-6,8,10,21H,3-4,7,9H2,1-2H3. The number of thioether (sulfide) groups is 1. The van der Waals surface area contributed by atoms with Crippen LogP contribution in [0.5, 0.6) is 5.75 Å². The van der Waals surface area contributed by atoms with Gasteiger partial charge in [-0.25, -0.2) is 9.78 Å². The lowest BCUT2D eigenvalue weighted by Gasteiger charge is -2.08.